The molecule has 1 aromatic rings. The van der Waals surface area contributed by atoms with E-state index in [0.717, 1.165) is 5.56 Å². The fraction of sp³-hybridized carbons (Fsp3) is 0.273. The van der Waals surface area contributed by atoms with Gasteiger partial charge >= 0.3 is 5.97 Å². The number of carboxylic acids is 1. The second-order valence-electron chi connectivity index (χ2n) is 3.65. The summed E-state index contributed by atoms with van der Waals surface area (Å²) in [4.78, 5) is 15.0. The summed E-state index contributed by atoms with van der Waals surface area (Å²) < 4.78 is 5.29. The van der Waals surface area contributed by atoms with Gasteiger partial charge in [0.25, 0.3) is 0 Å². The van der Waals surface area contributed by atoms with Gasteiger partial charge in [0, 0.05) is 5.56 Å². The normalized spacial score (nSPS) is 24.5. The van der Waals surface area contributed by atoms with Crippen LogP contribution in [0, 0.1) is 0 Å². The number of carboxylic acid groups (broad SMARTS) is 1. The molecule has 0 fully saturated rings. The Morgan fingerprint density at radius 2 is 2.13 bits per heavy atom. The minimum absolute atomic E-state index is 0.0898. The van der Waals surface area contributed by atoms with Crippen LogP contribution < -0.4 is 0 Å². The van der Waals surface area contributed by atoms with E-state index >= 15 is 0 Å². The van der Waals surface area contributed by atoms with Gasteiger partial charge in [-0.3, -0.25) is 0 Å². The third-order valence-electron chi connectivity index (χ3n) is 2.32. The molecule has 0 amide bonds. The molecule has 0 aliphatic carbocycles. The Labute approximate surface area is 87.2 Å². The van der Waals surface area contributed by atoms with Crippen molar-refractivity contribution in [1.29, 1.82) is 0 Å². The quantitative estimate of drug-likeness (QED) is 0.791. The van der Waals surface area contributed by atoms with Gasteiger partial charge < -0.3 is 9.84 Å². The highest BCUT2D eigenvalue weighted by Crippen LogP contribution is 2.21. The van der Waals surface area contributed by atoms with E-state index in [-0.39, 0.29) is 6.61 Å². The van der Waals surface area contributed by atoms with Crippen LogP contribution in [0.15, 0.2) is 35.3 Å². The largest absolute Gasteiger partial charge is 0.479 e. The summed E-state index contributed by atoms with van der Waals surface area (Å²) in [5.41, 5.74) is -0.340. The molecule has 0 bridgehead atoms. The van der Waals surface area contributed by atoms with Gasteiger partial charge in [-0.1, -0.05) is 18.2 Å². The molecule has 1 aromatic carbocycles. The van der Waals surface area contributed by atoms with E-state index in [9.17, 15) is 4.79 Å². The highest BCUT2D eigenvalue weighted by Gasteiger charge is 2.39. The monoisotopic (exact) mass is 205 g/mol. The number of aliphatic carboxylic acids is 1. The topological polar surface area (TPSA) is 58.9 Å². The van der Waals surface area contributed by atoms with Gasteiger partial charge in [-0.25, -0.2) is 9.79 Å². The molecule has 4 nitrogen and oxygen atoms in total. The van der Waals surface area contributed by atoms with Crippen molar-refractivity contribution in [3.63, 3.8) is 0 Å². The van der Waals surface area contributed by atoms with Crippen LogP contribution in [0.25, 0.3) is 0 Å². The number of carbonyl (C=O) groups is 1. The molecule has 78 valence electrons. The number of ether oxygens (including phenoxy) is 1. The summed E-state index contributed by atoms with van der Waals surface area (Å²) in [6.07, 6.45) is 0. The lowest BCUT2D eigenvalue weighted by Gasteiger charge is -2.10. The predicted molar refractivity (Wildman–Crippen MR) is 55.0 cm³/mol. The third kappa shape index (κ3) is 1.70. The maximum absolute atomic E-state index is 10.9. The lowest BCUT2D eigenvalue weighted by molar-refractivity contribution is -0.142. The summed E-state index contributed by atoms with van der Waals surface area (Å²) in [5.74, 6) is -0.561. The number of benzene rings is 1. The van der Waals surface area contributed by atoms with Crippen molar-refractivity contribution in [2.75, 3.05) is 6.61 Å². The molecule has 1 aliphatic heterocycles. The van der Waals surface area contributed by atoms with Gasteiger partial charge in [-0.15, -0.1) is 0 Å². The molecular formula is C11H11NO3. The average molecular weight is 205 g/mol. The van der Waals surface area contributed by atoms with E-state index in [1.165, 1.54) is 0 Å². The van der Waals surface area contributed by atoms with E-state index in [2.05, 4.69) is 4.99 Å². The van der Waals surface area contributed by atoms with Crippen molar-refractivity contribution in [3.8, 4) is 0 Å². The zero-order valence-corrected chi connectivity index (χ0v) is 8.30. The van der Waals surface area contributed by atoms with Crippen LogP contribution in [-0.2, 0) is 9.53 Å². The van der Waals surface area contributed by atoms with Crippen molar-refractivity contribution in [1.82, 2.24) is 0 Å². The molecule has 0 spiro atoms. The SMILES string of the molecule is C[C@]1(C(=O)O)COC(c2ccccc2)=N1. The van der Waals surface area contributed by atoms with E-state index in [4.69, 9.17) is 9.84 Å². The molecule has 0 radical (unpaired) electrons. The zero-order chi connectivity index (χ0) is 10.9. The van der Waals surface area contributed by atoms with Crippen LogP contribution in [0.3, 0.4) is 0 Å². The van der Waals surface area contributed by atoms with E-state index in [0.29, 0.717) is 5.90 Å². The Hall–Kier alpha value is -1.84. The van der Waals surface area contributed by atoms with Crippen molar-refractivity contribution < 1.29 is 14.6 Å². The van der Waals surface area contributed by atoms with E-state index in [1.54, 1.807) is 6.92 Å². The molecule has 1 N–H and O–H groups in total. The summed E-state index contributed by atoms with van der Waals surface area (Å²) in [6, 6.07) is 9.28. The summed E-state index contributed by atoms with van der Waals surface area (Å²) in [5, 5.41) is 8.95. The smallest absolute Gasteiger partial charge is 0.335 e. The Balaban J connectivity index is 2.32. The molecule has 1 aliphatic rings. The molecule has 4 heteroatoms. The summed E-state index contributed by atoms with van der Waals surface area (Å²) in [6.45, 7) is 1.64. The molecule has 1 heterocycles. The first-order valence-corrected chi connectivity index (χ1v) is 4.63. The first kappa shape index (κ1) is 9.71. The number of aliphatic imine (C=N–C) groups is 1. The standard InChI is InChI=1S/C11H11NO3/c1-11(10(13)14)7-15-9(12-11)8-5-3-2-4-6-8/h2-6H,7H2,1H3,(H,13,14)/t11-/m1/s1. The fourth-order valence-corrected chi connectivity index (χ4v) is 1.34. The summed E-state index contributed by atoms with van der Waals surface area (Å²) >= 11 is 0. The lowest BCUT2D eigenvalue weighted by Crippen LogP contribution is -2.34. The van der Waals surface area contributed by atoms with E-state index in [1.807, 2.05) is 30.3 Å². The molecule has 0 saturated heterocycles. The van der Waals surface area contributed by atoms with Crippen molar-refractivity contribution in [2.24, 2.45) is 4.99 Å². The highest BCUT2D eigenvalue weighted by atomic mass is 16.5. The van der Waals surface area contributed by atoms with Gasteiger partial charge in [0.1, 0.15) is 6.61 Å². The number of nitrogens with zero attached hydrogens (tertiary/aromatic N) is 1. The number of hydrogen-bond donors (Lipinski definition) is 1. The molecule has 2 rings (SSSR count). The van der Waals surface area contributed by atoms with Gasteiger partial charge in [0.2, 0.25) is 5.90 Å². The highest BCUT2D eigenvalue weighted by molar-refractivity contribution is 5.98. The molecule has 1 atom stereocenters. The van der Waals surface area contributed by atoms with E-state index < -0.39 is 11.5 Å². The Bertz CT molecular complexity index is 413. The van der Waals surface area contributed by atoms with Gasteiger partial charge in [-0.2, -0.15) is 0 Å². The second-order valence-corrected chi connectivity index (χ2v) is 3.65. The van der Waals surface area contributed by atoms with Crippen LogP contribution >= 0.6 is 0 Å². The molecular weight excluding hydrogens is 194 g/mol. The number of hydrogen-bond acceptors (Lipinski definition) is 3. The Morgan fingerprint density at radius 3 is 2.67 bits per heavy atom. The predicted octanol–water partition coefficient (Wildman–Crippen LogP) is 1.31. The molecule has 0 unspecified atom stereocenters. The molecule has 0 saturated carbocycles. The fourth-order valence-electron chi connectivity index (χ4n) is 1.34. The first-order valence-electron chi connectivity index (χ1n) is 4.63. The van der Waals surface area contributed by atoms with Crippen LogP contribution in [0.1, 0.15) is 12.5 Å². The van der Waals surface area contributed by atoms with Crippen LogP contribution in [0.5, 0.6) is 0 Å². The Kier molecular flexibility index (Phi) is 2.19. The van der Waals surface area contributed by atoms with Crippen molar-refractivity contribution in [2.45, 2.75) is 12.5 Å². The zero-order valence-electron chi connectivity index (χ0n) is 8.30. The van der Waals surface area contributed by atoms with Gasteiger partial charge in [0.05, 0.1) is 0 Å². The van der Waals surface area contributed by atoms with Gasteiger partial charge in [-0.05, 0) is 19.1 Å². The van der Waals surface area contributed by atoms with Gasteiger partial charge in [0.15, 0.2) is 5.54 Å². The number of rotatable bonds is 2. The second kappa shape index (κ2) is 3.38. The van der Waals surface area contributed by atoms with Crippen LogP contribution in [0.4, 0.5) is 0 Å². The van der Waals surface area contributed by atoms with Crippen molar-refractivity contribution in [3.05, 3.63) is 35.9 Å². The minimum atomic E-state index is -1.15. The van der Waals surface area contributed by atoms with Crippen LogP contribution in [0.2, 0.25) is 0 Å². The van der Waals surface area contributed by atoms with Crippen molar-refractivity contribution >= 4 is 11.9 Å². The minimum Gasteiger partial charge on any atom is -0.479 e. The first-order chi connectivity index (χ1) is 7.12. The average Bonchev–Trinajstić information content (AvgIpc) is 2.64. The van der Waals surface area contributed by atoms with Crippen LogP contribution in [-0.4, -0.2) is 29.1 Å². The molecule has 15 heavy (non-hydrogen) atoms. The molecule has 0 aromatic heterocycles. The third-order valence-corrected chi connectivity index (χ3v) is 2.32. The lowest BCUT2D eigenvalue weighted by atomic mass is 10.1. The maximum Gasteiger partial charge on any atom is 0.335 e. The Morgan fingerprint density at radius 1 is 1.47 bits per heavy atom. The summed E-state index contributed by atoms with van der Waals surface area (Å²) in [7, 11) is 0. The maximum atomic E-state index is 10.9.